The maximum absolute atomic E-state index is 13.1. The smallest absolute Gasteiger partial charge is 0.462 e. The normalized spacial score (nSPS) is 14.8. The standard InChI is InChI=1S/C77H146O17P2/c1-8-11-12-13-14-15-16-17-20-24-27-30-37-46-53-61-77(82)94-73(65-88-75(80)59-52-45-40-39-43-50-57-70(7)10-3)67-92-96(85,86)90-63-71(78)62-89-95(83,84)91-66-72(64-87-74(79)58-51-44-36-33-32-35-42-49-56-69(6)9-2)93-76(81)60-54-47-38-31-28-25-22-19-18-21-23-26-29-34-41-48-55-68(4)5/h15-17,20,68-73,78H,8-14,18-19,21-67H2,1-7H3,(H,83,84)(H,85,86)/b16-15-,20-17-/t69?,70?,71-,72-,73-/m1/s1. The van der Waals surface area contributed by atoms with Gasteiger partial charge in [0.25, 0.3) is 0 Å². The Kier molecular flexibility index (Phi) is 65.3. The van der Waals surface area contributed by atoms with Gasteiger partial charge in [-0.3, -0.25) is 37.3 Å². The molecule has 96 heavy (non-hydrogen) atoms. The Morgan fingerprint density at radius 3 is 0.927 bits per heavy atom. The summed E-state index contributed by atoms with van der Waals surface area (Å²) in [6.07, 6.45) is 56.3. The number of esters is 4. The molecule has 0 aromatic rings. The predicted octanol–water partition coefficient (Wildman–Crippen LogP) is 22.1. The molecule has 0 saturated carbocycles. The third kappa shape index (κ3) is 67.4. The van der Waals surface area contributed by atoms with E-state index in [0.29, 0.717) is 25.7 Å². The van der Waals surface area contributed by atoms with Crippen molar-refractivity contribution in [3.05, 3.63) is 24.3 Å². The fraction of sp³-hybridized carbons (Fsp3) is 0.896. The van der Waals surface area contributed by atoms with Gasteiger partial charge in [0.2, 0.25) is 0 Å². The topological polar surface area (TPSA) is 237 Å². The van der Waals surface area contributed by atoms with Crippen LogP contribution in [0.5, 0.6) is 0 Å². The number of phosphoric ester groups is 2. The van der Waals surface area contributed by atoms with Crippen LogP contribution in [0.1, 0.15) is 370 Å². The first-order chi connectivity index (χ1) is 46.3. The zero-order valence-electron chi connectivity index (χ0n) is 62.3. The van der Waals surface area contributed by atoms with E-state index >= 15 is 0 Å². The van der Waals surface area contributed by atoms with Crippen molar-refractivity contribution in [1.29, 1.82) is 0 Å². The summed E-state index contributed by atoms with van der Waals surface area (Å²) in [5.41, 5.74) is 0. The zero-order valence-corrected chi connectivity index (χ0v) is 64.1. The third-order valence-corrected chi connectivity index (χ3v) is 19.9. The molecule has 0 aromatic heterocycles. The lowest BCUT2D eigenvalue weighted by atomic mass is 9.99. The maximum Gasteiger partial charge on any atom is 0.472 e. The number of allylic oxidation sites excluding steroid dienone is 4. The van der Waals surface area contributed by atoms with Crippen LogP contribution in [0.25, 0.3) is 0 Å². The highest BCUT2D eigenvalue weighted by Gasteiger charge is 2.30. The number of hydrogen-bond acceptors (Lipinski definition) is 15. The van der Waals surface area contributed by atoms with Crippen molar-refractivity contribution < 1.29 is 80.2 Å². The summed E-state index contributed by atoms with van der Waals surface area (Å²) in [7, 11) is -9.93. The summed E-state index contributed by atoms with van der Waals surface area (Å²) in [6, 6.07) is 0. The lowest BCUT2D eigenvalue weighted by molar-refractivity contribution is -0.161. The van der Waals surface area contributed by atoms with E-state index in [9.17, 15) is 43.2 Å². The van der Waals surface area contributed by atoms with Crippen LogP contribution in [0.4, 0.5) is 0 Å². The van der Waals surface area contributed by atoms with Crippen molar-refractivity contribution in [3.63, 3.8) is 0 Å². The van der Waals surface area contributed by atoms with Crippen molar-refractivity contribution in [2.24, 2.45) is 17.8 Å². The Labute approximate surface area is 586 Å². The number of aliphatic hydroxyl groups is 1. The first-order valence-corrected chi connectivity index (χ1v) is 42.2. The lowest BCUT2D eigenvalue weighted by Gasteiger charge is -2.21. The maximum atomic E-state index is 13.1. The second-order valence-electron chi connectivity index (χ2n) is 28.0. The molecule has 0 fully saturated rings. The van der Waals surface area contributed by atoms with E-state index < -0.39 is 97.5 Å². The molecule has 0 radical (unpaired) electrons. The molecular weight excluding hydrogens is 1260 g/mol. The van der Waals surface area contributed by atoms with Crippen molar-refractivity contribution in [1.82, 2.24) is 0 Å². The van der Waals surface area contributed by atoms with Crippen LogP contribution in [-0.2, 0) is 65.4 Å². The van der Waals surface area contributed by atoms with Gasteiger partial charge in [-0.2, -0.15) is 0 Å². The van der Waals surface area contributed by atoms with Gasteiger partial charge in [-0.05, 0) is 69.1 Å². The Balaban J connectivity index is 5.27. The summed E-state index contributed by atoms with van der Waals surface area (Å²) in [5, 5.41) is 10.6. The summed E-state index contributed by atoms with van der Waals surface area (Å²) < 4.78 is 68.5. The Hall–Kier alpha value is -2.46. The SMILES string of the molecule is CCCCCC/C=C\C=C/CCCCCCCC(=O)O[C@H](COC(=O)CCCCCCCCC(C)CC)COP(=O)(O)OC[C@H](O)COP(=O)(O)OC[C@@H](COC(=O)CCCCCCCCCCC(C)CC)OC(=O)CCCCCCCCCCCCCCCCCCC(C)C. The fourth-order valence-corrected chi connectivity index (χ4v) is 12.8. The molecule has 3 N–H and O–H groups in total. The lowest BCUT2D eigenvalue weighted by Crippen LogP contribution is -2.30. The average molecular weight is 1410 g/mol. The van der Waals surface area contributed by atoms with Crippen molar-refractivity contribution in [2.45, 2.75) is 388 Å². The van der Waals surface area contributed by atoms with Crippen molar-refractivity contribution in [3.8, 4) is 0 Å². The zero-order chi connectivity index (χ0) is 70.9. The van der Waals surface area contributed by atoms with Gasteiger partial charge in [-0.1, -0.05) is 317 Å². The van der Waals surface area contributed by atoms with Crippen LogP contribution in [0, 0.1) is 17.8 Å². The van der Waals surface area contributed by atoms with Gasteiger partial charge in [0.05, 0.1) is 26.4 Å². The Morgan fingerprint density at radius 1 is 0.344 bits per heavy atom. The van der Waals surface area contributed by atoms with E-state index in [-0.39, 0.29) is 25.7 Å². The number of aliphatic hydroxyl groups excluding tert-OH is 1. The van der Waals surface area contributed by atoms with Crippen LogP contribution >= 0.6 is 15.6 Å². The van der Waals surface area contributed by atoms with E-state index in [2.05, 4.69) is 72.8 Å². The number of phosphoric acid groups is 2. The summed E-state index contributed by atoms with van der Waals surface area (Å²) in [5.74, 6) is 0.162. The van der Waals surface area contributed by atoms with E-state index in [0.717, 1.165) is 127 Å². The highest BCUT2D eigenvalue weighted by Crippen LogP contribution is 2.45. The van der Waals surface area contributed by atoms with Gasteiger partial charge in [-0.25, -0.2) is 9.13 Å². The van der Waals surface area contributed by atoms with E-state index in [1.165, 1.54) is 161 Å². The summed E-state index contributed by atoms with van der Waals surface area (Å²) in [4.78, 5) is 72.8. The largest absolute Gasteiger partial charge is 0.472 e. The molecule has 0 saturated heterocycles. The molecule has 0 spiro atoms. The number of rotatable bonds is 73. The van der Waals surface area contributed by atoms with E-state index in [1.54, 1.807) is 0 Å². The highest BCUT2D eigenvalue weighted by molar-refractivity contribution is 7.47. The highest BCUT2D eigenvalue weighted by atomic mass is 31.2. The molecular formula is C77H146O17P2. The van der Waals surface area contributed by atoms with Crippen molar-refractivity contribution >= 4 is 39.5 Å². The quantitative estimate of drug-likeness (QED) is 0.0169. The number of carbonyl (C=O) groups is 4. The molecule has 17 nitrogen and oxygen atoms in total. The molecule has 0 bridgehead atoms. The minimum absolute atomic E-state index is 0.0838. The minimum Gasteiger partial charge on any atom is -0.462 e. The second-order valence-corrected chi connectivity index (χ2v) is 30.9. The monoisotopic (exact) mass is 1410 g/mol. The van der Waals surface area contributed by atoms with Crippen molar-refractivity contribution in [2.75, 3.05) is 39.6 Å². The first kappa shape index (κ1) is 93.5. The fourth-order valence-electron chi connectivity index (χ4n) is 11.2. The Morgan fingerprint density at radius 2 is 0.615 bits per heavy atom. The number of unbranched alkanes of at least 4 members (excludes halogenated alkanes) is 36. The van der Waals surface area contributed by atoms with Gasteiger partial charge in [0.1, 0.15) is 19.3 Å². The Bertz CT molecular complexity index is 1970. The van der Waals surface area contributed by atoms with Crippen LogP contribution in [-0.4, -0.2) is 96.7 Å². The molecule has 0 aromatic carbocycles. The molecule has 19 heteroatoms. The van der Waals surface area contributed by atoms with Crippen LogP contribution in [0.3, 0.4) is 0 Å². The number of carbonyl (C=O) groups excluding carboxylic acids is 4. The van der Waals surface area contributed by atoms with E-state index in [1.807, 2.05) is 0 Å². The predicted molar refractivity (Wildman–Crippen MR) is 390 cm³/mol. The summed E-state index contributed by atoms with van der Waals surface area (Å²) >= 11 is 0. The minimum atomic E-state index is -4.96. The van der Waals surface area contributed by atoms with Gasteiger partial charge in [-0.15, -0.1) is 0 Å². The van der Waals surface area contributed by atoms with Gasteiger partial charge < -0.3 is 33.8 Å². The first-order valence-electron chi connectivity index (χ1n) is 39.2. The molecule has 0 aliphatic carbocycles. The van der Waals surface area contributed by atoms with Crippen LogP contribution < -0.4 is 0 Å². The number of hydrogen-bond donors (Lipinski definition) is 3. The molecule has 4 unspecified atom stereocenters. The molecule has 0 heterocycles. The third-order valence-electron chi connectivity index (χ3n) is 18.0. The van der Waals surface area contributed by atoms with Crippen LogP contribution in [0.2, 0.25) is 0 Å². The molecule has 0 amide bonds. The van der Waals surface area contributed by atoms with Gasteiger partial charge in [0.15, 0.2) is 12.2 Å². The molecule has 0 aliphatic rings. The molecule has 0 rings (SSSR count). The molecule has 566 valence electrons. The summed E-state index contributed by atoms with van der Waals surface area (Å²) in [6.45, 7) is 11.8. The van der Waals surface area contributed by atoms with Crippen LogP contribution in [0.15, 0.2) is 24.3 Å². The molecule has 7 atom stereocenters. The number of ether oxygens (including phenoxy) is 4. The average Bonchev–Trinajstić information content (AvgIpc) is 1.25. The van der Waals surface area contributed by atoms with E-state index in [4.69, 9.17) is 37.0 Å². The second kappa shape index (κ2) is 67.1. The van der Waals surface area contributed by atoms with Gasteiger partial charge in [0, 0.05) is 25.7 Å². The van der Waals surface area contributed by atoms with Gasteiger partial charge >= 0.3 is 39.5 Å². The molecule has 0 aliphatic heterocycles.